The van der Waals surface area contributed by atoms with Gasteiger partial charge in [0.1, 0.15) is 0 Å². The minimum absolute atomic E-state index is 0.700. The molecular weight excluding hydrogens is 322 g/mol. The third kappa shape index (κ3) is 5.01. The molecule has 5 heteroatoms. The number of aliphatic imine (C=N–C) groups is 1. The Balaban J connectivity index is 1.49. The van der Waals surface area contributed by atoms with E-state index in [0.29, 0.717) is 5.92 Å². The van der Waals surface area contributed by atoms with Gasteiger partial charge in [-0.2, -0.15) is 0 Å². The van der Waals surface area contributed by atoms with Crippen LogP contribution in [0.4, 0.5) is 0 Å². The summed E-state index contributed by atoms with van der Waals surface area (Å²) in [6, 6.07) is 8.48. The summed E-state index contributed by atoms with van der Waals surface area (Å²) in [7, 11) is 0. The van der Waals surface area contributed by atoms with Crippen molar-refractivity contribution in [3.8, 4) is 0 Å². The number of rotatable bonds is 8. The Kier molecular flexibility index (Phi) is 6.95. The van der Waals surface area contributed by atoms with Gasteiger partial charge in [0, 0.05) is 43.3 Å². The maximum Gasteiger partial charge on any atom is 0.191 e. The van der Waals surface area contributed by atoms with Crippen molar-refractivity contribution >= 4 is 16.9 Å². The van der Waals surface area contributed by atoms with Crippen LogP contribution in [0.3, 0.4) is 0 Å². The minimum Gasteiger partial charge on any atom is -0.361 e. The van der Waals surface area contributed by atoms with Crippen LogP contribution >= 0.6 is 0 Å². The van der Waals surface area contributed by atoms with Crippen molar-refractivity contribution in [1.29, 1.82) is 0 Å². The van der Waals surface area contributed by atoms with Crippen LogP contribution in [0.1, 0.15) is 32.3 Å². The Morgan fingerprint density at radius 3 is 3.00 bits per heavy atom. The number of likely N-dealkylation sites (tertiary alicyclic amines) is 1. The van der Waals surface area contributed by atoms with Crippen LogP contribution in [-0.4, -0.2) is 55.1 Å². The summed E-state index contributed by atoms with van der Waals surface area (Å²) in [4.78, 5) is 10.7. The molecule has 0 bridgehead atoms. The summed E-state index contributed by atoms with van der Waals surface area (Å²) in [5.41, 5.74) is 2.57. The zero-order valence-electron chi connectivity index (χ0n) is 16.2. The molecule has 142 valence electrons. The second kappa shape index (κ2) is 9.62. The molecule has 5 nitrogen and oxygen atoms in total. The molecule has 2 heterocycles. The molecule has 1 saturated heterocycles. The molecule has 0 radical (unpaired) electrons. The van der Waals surface area contributed by atoms with Crippen molar-refractivity contribution in [2.24, 2.45) is 10.9 Å². The van der Waals surface area contributed by atoms with Gasteiger partial charge in [-0.25, -0.2) is 0 Å². The molecule has 2 aromatic rings. The third-order valence-electron chi connectivity index (χ3n) is 5.12. The van der Waals surface area contributed by atoms with Gasteiger partial charge in [0.05, 0.1) is 0 Å². The molecule has 0 spiro atoms. The van der Waals surface area contributed by atoms with Gasteiger partial charge in [-0.3, -0.25) is 4.99 Å². The van der Waals surface area contributed by atoms with Crippen molar-refractivity contribution < 1.29 is 0 Å². The van der Waals surface area contributed by atoms with E-state index in [9.17, 15) is 0 Å². The molecular formula is C21H33N5. The normalized spacial score (nSPS) is 18.5. The lowest BCUT2D eigenvalue weighted by molar-refractivity contribution is 0.326. The van der Waals surface area contributed by atoms with E-state index in [-0.39, 0.29) is 0 Å². The Morgan fingerprint density at radius 1 is 1.27 bits per heavy atom. The zero-order chi connectivity index (χ0) is 18.2. The largest absolute Gasteiger partial charge is 0.361 e. The predicted octanol–water partition coefficient (Wildman–Crippen LogP) is 3.00. The van der Waals surface area contributed by atoms with Gasteiger partial charge in [0.25, 0.3) is 0 Å². The minimum atomic E-state index is 0.700. The van der Waals surface area contributed by atoms with Crippen LogP contribution in [0.2, 0.25) is 0 Å². The third-order valence-corrected chi connectivity index (χ3v) is 5.12. The number of aromatic amines is 1. The monoisotopic (exact) mass is 355 g/mol. The van der Waals surface area contributed by atoms with Crippen LogP contribution in [0, 0.1) is 5.92 Å². The zero-order valence-corrected chi connectivity index (χ0v) is 16.2. The van der Waals surface area contributed by atoms with Crippen molar-refractivity contribution in [2.75, 3.05) is 39.3 Å². The van der Waals surface area contributed by atoms with Crippen LogP contribution in [0.25, 0.3) is 10.9 Å². The molecule has 0 aliphatic carbocycles. The van der Waals surface area contributed by atoms with Crippen LogP contribution < -0.4 is 10.6 Å². The Hall–Kier alpha value is -2.01. The number of H-pyrrole nitrogens is 1. The van der Waals surface area contributed by atoms with E-state index in [1.807, 2.05) is 0 Å². The summed E-state index contributed by atoms with van der Waals surface area (Å²) < 4.78 is 0. The SMILES string of the molecule is CCCN1CCC(CN=C(NCC)NCCc2c[nH]c3ccccc23)C1. The maximum atomic E-state index is 4.83. The molecule has 3 rings (SSSR count). The summed E-state index contributed by atoms with van der Waals surface area (Å²) in [5, 5.41) is 8.19. The van der Waals surface area contributed by atoms with Gasteiger partial charge >= 0.3 is 0 Å². The van der Waals surface area contributed by atoms with Gasteiger partial charge in [0.2, 0.25) is 0 Å². The van der Waals surface area contributed by atoms with Crippen LogP contribution in [-0.2, 0) is 6.42 Å². The van der Waals surface area contributed by atoms with E-state index in [4.69, 9.17) is 4.99 Å². The fourth-order valence-electron chi connectivity index (χ4n) is 3.80. The molecule has 3 N–H and O–H groups in total. The van der Waals surface area contributed by atoms with Gasteiger partial charge < -0.3 is 20.5 Å². The quantitative estimate of drug-likeness (QED) is 0.504. The highest BCUT2D eigenvalue weighted by atomic mass is 15.2. The first-order chi connectivity index (χ1) is 12.8. The first-order valence-electron chi connectivity index (χ1n) is 10.1. The fraction of sp³-hybridized carbons (Fsp3) is 0.571. The molecule has 1 atom stereocenters. The fourth-order valence-corrected chi connectivity index (χ4v) is 3.80. The molecule has 1 fully saturated rings. The van der Waals surface area contributed by atoms with E-state index < -0.39 is 0 Å². The van der Waals surface area contributed by atoms with E-state index >= 15 is 0 Å². The number of guanidine groups is 1. The molecule has 26 heavy (non-hydrogen) atoms. The van der Waals surface area contributed by atoms with Crippen molar-refractivity contribution in [3.05, 3.63) is 36.0 Å². The highest BCUT2D eigenvalue weighted by Crippen LogP contribution is 2.18. The van der Waals surface area contributed by atoms with Crippen molar-refractivity contribution in [3.63, 3.8) is 0 Å². The van der Waals surface area contributed by atoms with Crippen molar-refractivity contribution in [1.82, 2.24) is 20.5 Å². The van der Waals surface area contributed by atoms with Gasteiger partial charge in [-0.05, 0) is 56.8 Å². The van der Waals surface area contributed by atoms with Gasteiger partial charge in [-0.15, -0.1) is 0 Å². The smallest absolute Gasteiger partial charge is 0.191 e. The second-order valence-corrected chi connectivity index (χ2v) is 7.21. The number of nitrogens with zero attached hydrogens (tertiary/aromatic N) is 2. The van der Waals surface area contributed by atoms with Crippen LogP contribution in [0.5, 0.6) is 0 Å². The molecule has 1 aliphatic rings. The lowest BCUT2D eigenvalue weighted by Gasteiger charge is -2.15. The first-order valence-corrected chi connectivity index (χ1v) is 10.1. The summed E-state index contributed by atoms with van der Waals surface area (Å²) in [6.45, 7) is 10.7. The molecule has 1 unspecified atom stereocenters. The first kappa shape index (κ1) is 18.8. The number of para-hydroxylation sites is 1. The number of hydrogen-bond acceptors (Lipinski definition) is 2. The van der Waals surface area contributed by atoms with Gasteiger partial charge in [0.15, 0.2) is 5.96 Å². The Morgan fingerprint density at radius 2 is 2.15 bits per heavy atom. The highest BCUT2D eigenvalue weighted by molar-refractivity contribution is 5.83. The number of benzene rings is 1. The number of aromatic nitrogens is 1. The average Bonchev–Trinajstić information content (AvgIpc) is 3.27. The van der Waals surface area contributed by atoms with E-state index in [2.05, 4.69) is 64.8 Å². The maximum absolute atomic E-state index is 4.83. The standard InChI is InChI=1S/C21H33N5/c1-3-12-26-13-10-17(16-26)14-25-21(22-4-2)23-11-9-18-15-24-20-8-6-5-7-19(18)20/h5-8,15,17,24H,3-4,9-14,16H2,1-2H3,(H2,22,23,25). The van der Waals surface area contributed by atoms with Crippen LogP contribution in [0.15, 0.2) is 35.5 Å². The lowest BCUT2D eigenvalue weighted by atomic mass is 10.1. The lowest BCUT2D eigenvalue weighted by Crippen LogP contribution is -2.38. The summed E-state index contributed by atoms with van der Waals surface area (Å²) in [6.07, 6.45) is 5.63. The summed E-state index contributed by atoms with van der Waals surface area (Å²) >= 11 is 0. The van der Waals surface area contributed by atoms with E-state index in [1.54, 1.807) is 0 Å². The predicted molar refractivity (Wildman–Crippen MR) is 111 cm³/mol. The molecule has 1 aromatic heterocycles. The molecule has 0 saturated carbocycles. The second-order valence-electron chi connectivity index (χ2n) is 7.21. The Labute approximate surface area is 157 Å². The Bertz CT molecular complexity index is 705. The number of fused-ring (bicyclic) bond motifs is 1. The van der Waals surface area contributed by atoms with E-state index in [1.165, 1.54) is 48.9 Å². The molecule has 1 aliphatic heterocycles. The topological polar surface area (TPSA) is 55.4 Å². The highest BCUT2D eigenvalue weighted by Gasteiger charge is 2.21. The van der Waals surface area contributed by atoms with E-state index in [0.717, 1.165) is 32.0 Å². The molecule has 1 aromatic carbocycles. The number of hydrogen-bond donors (Lipinski definition) is 3. The molecule has 0 amide bonds. The summed E-state index contributed by atoms with van der Waals surface area (Å²) in [5.74, 6) is 1.65. The van der Waals surface area contributed by atoms with Crippen molar-refractivity contribution in [2.45, 2.75) is 33.1 Å². The average molecular weight is 356 g/mol. The van der Waals surface area contributed by atoms with Gasteiger partial charge in [-0.1, -0.05) is 25.1 Å². The number of nitrogens with one attached hydrogen (secondary N) is 3.